The van der Waals surface area contributed by atoms with E-state index in [4.69, 9.17) is 0 Å². The predicted octanol–water partition coefficient (Wildman–Crippen LogP) is 2.44. The third kappa shape index (κ3) is 7.97. The van der Waals surface area contributed by atoms with Crippen molar-refractivity contribution >= 4 is 29.9 Å². The van der Waals surface area contributed by atoms with Gasteiger partial charge in [-0.2, -0.15) is 0 Å². The van der Waals surface area contributed by atoms with Crippen LogP contribution in [0.4, 0.5) is 0 Å². The van der Waals surface area contributed by atoms with E-state index >= 15 is 0 Å². The van der Waals surface area contributed by atoms with Gasteiger partial charge in [0, 0.05) is 38.8 Å². The SMILES string of the molecule is CCCCNC(=NC)NCCN(C(C)C)C1CC1.I. The molecule has 0 aromatic carbocycles. The van der Waals surface area contributed by atoms with Gasteiger partial charge >= 0.3 is 0 Å². The first-order chi connectivity index (χ1) is 8.69. The molecule has 0 heterocycles. The number of nitrogens with zero attached hydrogens (tertiary/aromatic N) is 2. The van der Waals surface area contributed by atoms with Crippen molar-refractivity contribution in [3.63, 3.8) is 0 Å². The maximum atomic E-state index is 4.24. The van der Waals surface area contributed by atoms with Crippen LogP contribution in [0.3, 0.4) is 0 Å². The monoisotopic (exact) mass is 382 g/mol. The highest BCUT2D eigenvalue weighted by Crippen LogP contribution is 2.27. The largest absolute Gasteiger partial charge is 0.356 e. The summed E-state index contributed by atoms with van der Waals surface area (Å²) in [5.74, 6) is 0.933. The lowest BCUT2D eigenvalue weighted by Gasteiger charge is -2.26. The summed E-state index contributed by atoms with van der Waals surface area (Å²) in [5, 5.41) is 6.73. The van der Waals surface area contributed by atoms with Crippen LogP contribution in [-0.4, -0.2) is 49.6 Å². The van der Waals surface area contributed by atoms with Crippen molar-refractivity contribution < 1.29 is 0 Å². The van der Waals surface area contributed by atoms with Gasteiger partial charge in [-0.15, -0.1) is 24.0 Å². The van der Waals surface area contributed by atoms with Gasteiger partial charge < -0.3 is 10.6 Å². The molecule has 0 aromatic rings. The molecule has 0 spiro atoms. The number of hydrogen-bond donors (Lipinski definition) is 2. The summed E-state index contributed by atoms with van der Waals surface area (Å²) < 4.78 is 0. The van der Waals surface area contributed by atoms with Gasteiger partial charge in [0.2, 0.25) is 0 Å². The molecule has 0 aromatic heterocycles. The molecule has 1 rings (SSSR count). The lowest BCUT2D eigenvalue weighted by Crippen LogP contribution is -2.44. The van der Waals surface area contributed by atoms with E-state index in [-0.39, 0.29) is 24.0 Å². The first-order valence-electron chi connectivity index (χ1n) is 7.39. The van der Waals surface area contributed by atoms with Crippen LogP contribution in [0, 0.1) is 0 Å². The maximum Gasteiger partial charge on any atom is 0.191 e. The summed E-state index contributed by atoms with van der Waals surface area (Å²) in [6.07, 6.45) is 5.16. The number of nitrogens with one attached hydrogen (secondary N) is 2. The van der Waals surface area contributed by atoms with E-state index in [9.17, 15) is 0 Å². The number of rotatable bonds is 8. The molecule has 0 saturated heterocycles. The van der Waals surface area contributed by atoms with Gasteiger partial charge in [-0.1, -0.05) is 13.3 Å². The van der Waals surface area contributed by atoms with Crippen LogP contribution in [0.15, 0.2) is 4.99 Å². The van der Waals surface area contributed by atoms with E-state index in [0.29, 0.717) is 6.04 Å². The molecule has 0 amide bonds. The molecule has 1 fully saturated rings. The molecule has 5 heteroatoms. The van der Waals surface area contributed by atoms with E-state index in [1.54, 1.807) is 0 Å². The Bertz CT molecular complexity index is 250. The smallest absolute Gasteiger partial charge is 0.191 e. The Morgan fingerprint density at radius 1 is 1.26 bits per heavy atom. The number of hydrogen-bond acceptors (Lipinski definition) is 2. The third-order valence-electron chi connectivity index (χ3n) is 3.39. The van der Waals surface area contributed by atoms with Gasteiger partial charge in [0.15, 0.2) is 5.96 Å². The predicted molar refractivity (Wildman–Crippen MR) is 94.6 cm³/mol. The van der Waals surface area contributed by atoms with Gasteiger partial charge in [0.25, 0.3) is 0 Å². The van der Waals surface area contributed by atoms with Gasteiger partial charge in [-0.25, -0.2) is 0 Å². The average Bonchev–Trinajstić information content (AvgIpc) is 3.16. The second-order valence-corrected chi connectivity index (χ2v) is 5.34. The van der Waals surface area contributed by atoms with Gasteiger partial charge in [0.1, 0.15) is 0 Å². The van der Waals surface area contributed by atoms with E-state index in [1.807, 2.05) is 7.05 Å². The Kier molecular flexibility index (Phi) is 10.7. The molecule has 0 aliphatic heterocycles. The van der Waals surface area contributed by atoms with Crippen molar-refractivity contribution in [1.29, 1.82) is 0 Å². The van der Waals surface area contributed by atoms with Crippen LogP contribution in [-0.2, 0) is 0 Å². The minimum atomic E-state index is 0. The quantitative estimate of drug-likeness (QED) is 0.293. The average molecular weight is 382 g/mol. The van der Waals surface area contributed by atoms with Crippen LogP contribution in [0.1, 0.15) is 46.5 Å². The lowest BCUT2D eigenvalue weighted by atomic mass is 10.3. The van der Waals surface area contributed by atoms with E-state index in [0.717, 1.165) is 31.6 Å². The van der Waals surface area contributed by atoms with Gasteiger partial charge in [-0.05, 0) is 33.1 Å². The van der Waals surface area contributed by atoms with E-state index < -0.39 is 0 Å². The molecular formula is C14H31IN4. The Balaban J connectivity index is 0.00000324. The highest BCUT2D eigenvalue weighted by molar-refractivity contribution is 14.0. The van der Waals surface area contributed by atoms with Crippen molar-refractivity contribution in [2.75, 3.05) is 26.7 Å². The minimum absolute atomic E-state index is 0. The summed E-state index contributed by atoms with van der Waals surface area (Å²) in [6, 6.07) is 1.48. The van der Waals surface area contributed by atoms with Crippen molar-refractivity contribution in [3.05, 3.63) is 0 Å². The normalized spacial score (nSPS) is 15.6. The molecule has 0 bridgehead atoms. The molecule has 4 nitrogen and oxygen atoms in total. The molecule has 1 aliphatic rings. The molecule has 0 radical (unpaired) electrons. The number of unbranched alkanes of at least 4 members (excludes halogenated alkanes) is 1. The molecular weight excluding hydrogens is 351 g/mol. The van der Waals surface area contributed by atoms with Crippen LogP contribution < -0.4 is 10.6 Å². The Morgan fingerprint density at radius 2 is 1.89 bits per heavy atom. The fourth-order valence-electron chi connectivity index (χ4n) is 2.18. The molecule has 0 unspecified atom stereocenters. The maximum absolute atomic E-state index is 4.24. The zero-order valence-corrected chi connectivity index (χ0v) is 15.2. The van der Waals surface area contributed by atoms with Crippen LogP contribution in [0.25, 0.3) is 0 Å². The van der Waals surface area contributed by atoms with Crippen LogP contribution in [0.2, 0.25) is 0 Å². The molecule has 1 saturated carbocycles. The highest BCUT2D eigenvalue weighted by Gasteiger charge is 2.29. The zero-order chi connectivity index (χ0) is 13.4. The van der Waals surface area contributed by atoms with Crippen LogP contribution in [0.5, 0.6) is 0 Å². The van der Waals surface area contributed by atoms with Gasteiger partial charge in [-0.3, -0.25) is 9.89 Å². The molecule has 2 N–H and O–H groups in total. The van der Waals surface area contributed by atoms with E-state index in [1.165, 1.54) is 25.7 Å². The zero-order valence-electron chi connectivity index (χ0n) is 12.9. The van der Waals surface area contributed by atoms with Crippen molar-refractivity contribution in [3.8, 4) is 0 Å². The summed E-state index contributed by atoms with van der Waals surface area (Å²) in [7, 11) is 1.84. The summed E-state index contributed by atoms with van der Waals surface area (Å²) in [4.78, 5) is 6.83. The topological polar surface area (TPSA) is 39.7 Å². The van der Waals surface area contributed by atoms with E-state index in [2.05, 4.69) is 41.3 Å². The molecule has 0 atom stereocenters. The number of aliphatic imine (C=N–C) groups is 1. The van der Waals surface area contributed by atoms with Crippen molar-refractivity contribution in [1.82, 2.24) is 15.5 Å². The summed E-state index contributed by atoms with van der Waals surface area (Å²) in [6.45, 7) is 9.86. The summed E-state index contributed by atoms with van der Waals surface area (Å²) >= 11 is 0. The fraction of sp³-hybridized carbons (Fsp3) is 0.929. The number of halogens is 1. The highest BCUT2D eigenvalue weighted by atomic mass is 127. The second-order valence-electron chi connectivity index (χ2n) is 5.34. The first kappa shape index (κ1) is 19.0. The Hall–Kier alpha value is -0.0400. The Morgan fingerprint density at radius 3 is 2.37 bits per heavy atom. The minimum Gasteiger partial charge on any atom is -0.356 e. The third-order valence-corrected chi connectivity index (χ3v) is 3.39. The standard InChI is InChI=1S/C14H30N4.HI/c1-5-6-9-16-14(15-4)17-10-11-18(12(2)3)13-7-8-13;/h12-13H,5-11H2,1-4H3,(H2,15,16,17);1H. The molecule has 19 heavy (non-hydrogen) atoms. The number of guanidine groups is 1. The first-order valence-corrected chi connectivity index (χ1v) is 7.39. The molecule has 114 valence electrons. The van der Waals surface area contributed by atoms with Crippen molar-refractivity contribution in [2.24, 2.45) is 4.99 Å². The Labute approximate surface area is 135 Å². The molecule has 1 aliphatic carbocycles. The van der Waals surface area contributed by atoms with Crippen LogP contribution >= 0.6 is 24.0 Å². The lowest BCUT2D eigenvalue weighted by molar-refractivity contribution is 0.215. The fourth-order valence-corrected chi connectivity index (χ4v) is 2.18. The summed E-state index contributed by atoms with van der Waals surface area (Å²) in [5.41, 5.74) is 0. The van der Waals surface area contributed by atoms with Crippen molar-refractivity contribution in [2.45, 2.75) is 58.5 Å². The van der Waals surface area contributed by atoms with Gasteiger partial charge in [0.05, 0.1) is 0 Å². The second kappa shape index (κ2) is 10.7.